The lowest BCUT2D eigenvalue weighted by molar-refractivity contribution is -0.137. The minimum absolute atomic E-state index is 0.0532. The van der Waals surface area contributed by atoms with Gasteiger partial charge in [0.15, 0.2) is 0 Å². The third-order valence-electron chi connectivity index (χ3n) is 9.55. The second-order valence-corrected chi connectivity index (χ2v) is 19.5. The van der Waals surface area contributed by atoms with Crippen LogP contribution in [0.5, 0.6) is 0 Å². The van der Waals surface area contributed by atoms with Crippen LogP contribution in [0, 0.1) is 0 Å². The molecular formula is C46H48N2O3S2. The summed E-state index contributed by atoms with van der Waals surface area (Å²) in [6.45, 7) is 1.84. The average molecular weight is 741 g/mol. The van der Waals surface area contributed by atoms with Crippen LogP contribution in [-0.4, -0.2) is 59.6 Å². The van der Waals surface area contributed by atoms with Gasteiger partial charge in [0.1, 0.15) is 0 Å². The van der Waals surface area contributed by atoms with E-state index in [0.29, 0.717) is 26.1 Å². The first-order chi connectivity index (χ1) is 26.0. The predicted molar refractivity (Wildman–Crippen MR) is 219 cm³/mol. The fourth-order valence-corrected chi connectivity index (χ4v) is 14.8. The molecule has 53 heavy (non-hydrogen) atoms. The third kappa shape index (κ3) is 9.11. The highest BCUT2D eigenvalue weighted by molar-refractivity contribution is 8.34. The van der Waals surface area contributed by atoms with Crippen molar-refractivity contribution in [3.63, 3.8) is 0 Å². The van der Waals surface area contributed by atoms with Gasteiger partial charge in [0.25, 0.3) is 0 Å². The predicted octanol–water partition coefficient (Wildman–Crippen LogP) is 10.2. The molecule has 0 heterocycles. The molecular weight excluding hydrogens is 693 g/mol. The molecule has 1 amide bonds. The van der Waals surface area contributed by atoms with Crippen molar-refractivity contribution in [2.75, 3.05) is 37.7 Å². The topological polar surface area (TPSA) is 69.6 Å². The Kier molecular flexibility index (Phi) is 13.2. The Labute approximate surface area is 317 Å². The maximum atomic E-state index is 13.9. The molecule has 0 aliphatic heterocycles. The molecule has 0 aliphatic rings. The summed E-state index contributed by atoms with van der Waals surface area (Å²) >= 11 is 0. The summed E-state index contributed by atoms with van der Waals surface area (Å²) in [4.78, 5) is 35.2. The number of benzene rings is 6. The smallest absolute Gasteiger partial charge is 0.303 e. The van der Waals surface area contributed by atoms with Crippen molar-refractivity contribution in [1.82, 2.24) is 10.2 Å². The minimum atomic E-state index is -1.72. The van der Waals surface area contributed by atoms with Gasteiger partial charge >= 0.3 is 5.97 Å². The first-order valence-electron chi connectivity index (χ1n) is 18.2. The number of carbonyl (C=O) groups excluding carboxylic acids is 1. The number of carbonyl (C=O) groups is 2. The van der Waals surface area contributed by atoms with Crippen molar-refractivity contribution in [2.24, 2.45) is 0 Å². The zero-order chi connectivity index (χ0) is 36.8. The van der Waals surface area contributed by atoms with Crippen LogP contribution < -0.4 is 5.32 Å². The van der Waals surface area contributed by atoms with E-state index >= 15 is 0 Å². The SMILES string of the molecule is O=C(O)CCCN(CCS(c1ccccc1)(c1ccccc1)c1ccccc1)CC(=O)NCCS(c1ccccc1)(c1ccccc1)c1ccccc1. The number of amides is 1. The quantitative estimate of drug-likeness (QED) is 0.0921. The number of nitrogens with zero attached hydrogens (tertiary/aromatic N) is 1. The molecule has 0 radical (unpaired) electrons. The van der Waals surface area contributed by atoms with E-state index in [1.807, 2.05) is 18.2 Å². The highest BCUT2D eigenvalue weighted by atomic mass is 32.3. The number of hydrogen-bond donors (Lipinski definition) is 2. The third-order valence-corrected chi connectivity index (χ3v) is 17.6. The zero-order valence-corrected chi connectivity index (χ0v) is 31.6. The Bertz CT molecular complexity index is 1810. The Hall–Kier alpha value is -5.08. The Morgan fingerprint density at radius 2 is 0.792 bits per heavy atom. The van der Waals surface area contributed by atoms with Gasteiger partial charge in [0.05, 0.1) is 6.54 Å². The van der Waals surface area contributed by atoms with Gasteiger partial charge in [-0.05, 0) is 115 Å². The second kappa shape index (κ2) is 18.6. The molecule has 7 heteroatoms. The van der Waals surface area contributed by atoms with Crippen LogP contribution in [0.1, 0.15) is 12.8 Å². The molecule has 0 bridgehead atoms. The molecule has 0 aromatic heterocycles. The van der Waals surface area contributed by atoms with Crippen LogP contribution in [0.15, 0.2) is 211 Å². The number of rotatable bonds is 18. The lowest BCUT2D eigenvalue weighted by atomic mass is 10.3. The number of aliphatic carboxylic acids is 1. The first kappa shape index (κ1) is 37.7. The van der Waals surface area contributed by atoms with Crippen LogP contribution in [0.4, 0.5) is 0 Å². The van der Waals surface area contributed by atoms with Crippen molar-refractivity contribution < 1.29 is 14.7 Å². The summed E-state index contributed by atoms with van der Waals surface area (Å²) in [6.07, 6.45) is 0.527. The van der Waals surface area contributed by atoms with E-state index in [1.165, 1.54) is 29.4 Å². The van der Waals surface area contributed by atoms with Gasteiger partial charge < -0.3 is 10.4 Å². The van der Waals surface area contributed by atoms with E-state index in [0.717, 1.165) is 11.5 Å². The van der Waals surface area contributed by atoms with Gasteiger partial charge in [-0.3, -0.25) is 14.5 Å². The van der Waals surface area contributed by atoms with Crippen LogP contribution in [0.2, 0.25) is 0 Å². The Morgan fingerprint density at radius 3 is 1.11 bits per heavy atom. The summed E-state index contributed by atoms with van der Waals surface area (Å²) < 4.78 is 0. The highest BCUT2D eigenvalue weighted by Crippen LogP contribution is 2.69. The monoisotopic (exact) mass is 740 g/mol. The number of carboxylic acid groups (broad SMARTS) is 1. The van der Waals surface area contributed by atoms with Crippen LogP contribution >= 0.6 is 20.1 Å². The van der Waals surface area contributed by atoms with Crippen LogP contribution in [-0.2, 0) is 9.59 Å². The number of hydrogen-bond acceptors (Lipinski definition) is 3. The molecule has 6 rings (SSSR count). The van der Waals surface area contributed by atoms with Gasteiger partial charge in [-0.25, -0.2) is 0 Å². The largest absolute Gasteiger partial charge is 0.481 e. The summed E-state index contributed by atoms with van der Waals surface area (Å²) in [5, 5.41) is 12.8. The van der Waals surface area contributed by atoms with Gasteiger partial charge in [0, 0.05) is 31.0 Å². The fraction of sp³-hybridized carbons (Fsp3) is 0.174. The van der Waals surface area contributed by atoms with Crippen LogP contribution in [0.25, 0.3) is 0 Å². The molecule has 5 nitrogen and oxygen atoms in total. The number of carboxylic acids is 1. The minimum Gasteiger partial charge on any atom is -0.481 e. The van der Waals surface area contributed by atoms with E-state index in [1.54, 1.807) is 0 Å². The van der Waals surface area contributed by atoms with Crippen molar-refractivity contribution >= 4 is 31.9 Å². The highest BCUT2D eigenvalue weighted by Gasteiger charge is 2.33. The molecule has 0 unspecified atom stereocenters. The first-order valence-corrected chi connectivity index (χ1v) is 21.8. The van der Waals surface area contributed by atoms with E-state index in [9.17, 15) is 14.7 Å². The lowest BCUT2D eigenvalue weighted by Crippen LogP contribution is -2.41. The average Bonchev–Trinajstić information content (AvgIpc) is 3.22. The number of nitrogens with one attached hydrogen (secondary N) is 1. The van der Waals surface area contributed by atoms with Crippen molar-refractivity contribution in [3.05, 3.63) is 182 Å². The summed E-state index contributed by atoms with van der Waals surface area (Å²) in [5.74, 6) is 0.658. The molecule has 0 aliphatic carbocycles. The summed E-state index contributed by atoms with van der Waals surface area (Å²) in [5.41, 5.74) is 0. The Balaban J connectivity index is 1.26. The second-order valence-electron chi connectivity index (χ2n) is 12.9. The van der Waals surface area contributed by atoms with Gasteiger partial charge in [-0.1, -0.05) is 109 Å². The summed E-state index contributed by atoms with van der Waals surface area (Å²) in [7, 11) is -3.41. The molecule has 2 N–H and O–H groups in total. The van der Waals surface area contributed by atoms with Crippen molar-refractivity contribution in [1.29, 1.82) is 0 Å². The molecule has 0 saturated heterocycles. The van der Waals surface area contributed by atoms with E-state index in [2.05, 4.69) is 174 Å². The van der Waals surface area contributed by atoms with Crippen molar-refractivity contribution in [2.45, 2.75) is 42.2 Å². The molecule has 6 aromatic rings. The normalized spacial score (nSPS) is 12.2. The van der Waals surface area contributed by atoms with Crippen molar-refractivity contribution in [3.8, 4) is 0 Å². The maximum absolute atomic E-state index is 13.9. The molecule has 6 aromatic carbocycles. The van der Waals surface area contributed by atoms with E-state index in [4.69, 9.17) is 0 Å². The van der Waals surface area contributed by atoms with E-state index in [-0.39, 0.29) is 18.9 Å². The fourth-order valence-electron chi connectivity index (χ4n) is 7.03. The molecule has 0 atom stereocenters. The molecule has 272 valence electrons. The van der Waals surface area contributed by atoms with E-state index < -0.39 is 26.0 Å². The summed E-state index contributed by atoms with van der Waals surface area (Å²) in [6, 6.07) is 64.1. The maximum Gasteiger partial charge on any atom is 0.303 e. The molecule has 0 fully saturated rings. The zero-order valence-electron chi connectivity index (χ0n) is 30.0. The standard InChI is InChI=1S/C46H48N2O3S2/c49-45(47-33-36-52(39-20-7-1-8-21-39,40-22-9-2-10-23-40)41-24-11-3-12-25-41)38-48(34-19-32-46(50)51)35-37-53(42-26-13-4-14-27-42,43-28-15-5-16-29-43)44-30-17-6-18-31-44/h1-18,20-31H,19,32-38H2,(H,47,49)(H,50,51). The van der Waals surface area contributed by atoms with Gasteiger partial charge in [-0.2, -0.15) is 20.1 Å². The Morgan fingerprint density at radius 1 is 0.472 bits per heavy atom. The van der Waals surface area contributed by atoms with Gasteiger partial charge in [-0.15, -0.1) is 0 Å². The lowest BCUT2D eigenvalue weighted by Gasteiger charge is -2.43. The van der Waals surface area contributed by atoms with Gasteiger partial charge in [0.2, 0.25) is 5.91 Å². The molecule has 0 saturated carbocycles. The van der Waals surface area contributed by atoms with Crippen LogP contribution in [0.3, 0.4) is 0 Å². The molecule has 0 spiro atoms.